The molecular weight excluding hydrogens is 632 g/mol. The Labute approximate surface area is 273 Å². The van der Waals surface area contributed by atoms with Gasteiger partial charge in [0.1, 0.15) is 11.6 Å². The van der Waals surface area contributed by atoms with E-state index in [9.17, 15) is 31.9 Å². The lowest BCUT2D eigenvalue weighted by Crippen LogP contribution is -2.38. The maximum atomic E-state index is 14.9. The number of ether oxygens (including phenoxy) is 2. The minimum absolute atomic E-state index is 0.246. The van der Waals surface area contributed by atoms with Gasteiger partial charge in [0.25, 0.3) is 11.8 Å². The van der Waals surface area contributed by atoms with E-state index in [-0.39, 0.29) is 17.7 Å². The van der Waals surface area contributed by atoms with Crippen molar-refractivity contribution in [2.75, 3.05) is 38.7 Å². The molecule has 3 aromatic carbocycles. The summed E-state index contributed by atoms with van der Waals surface area (Å²) in [6.45, 7) is 1.60. The minimum atomic E-state index is -5.01. The molecule has 2 aliphatic heterocycles. The predicted molar refractivity (Wildman–Crippen MR) is 170 cm³/mol. The summed E-state index contributed by atoms with van der Waals surface area (Å²) in [5.74, 6) is -2.88. The highest BCUT2D eigenvalue weighted by Gasteiger charge is 2.38. The van der Waals surface area contributed by atoms with Gasteiger partial charge in [0, 0.05) is 51.3 Å². The first-order valence-corrected chi connectivity index (χ1v) is 15.6. The molecule has 2 N–H and O–H groups in total. The molecule has 0 unspecified atom stereocenters. The quantitative estimate of drug-likeness (QED) is 0.220. The number of nitrogens with zero attached hydrogens (tertiary/aromatic N) is 2. The van der Waals surface area contributed by atoms with Gasteiger partial charge in [-0.05, 0) is 59.7 Å². The Morgan fingerprint density at radius 2 is 1.79 bits per heavy atom. The van der Waals surface area contributed by atoms with Crippen molar-refractivity contribution in [1.82, 2.24) is 14.8 Å². The summed E-state index contributed by atoms with van der Waals surface area (Å²) in [7, 11) is 1.59. The number of para-hydroxylation sites is 1. The number of rotatable bonds is 9. The highest BCUT2D eigenvalue weighted by Crippen LogP contribution is 2.35. The highest BCUT2D eigenvalue weighted by atomic mass is 19.4. The number of anilines is 1. The van der Waals surface area contributed by atoms with Crippen molar-refractivity contribution in [3.63, 3.8) is 0 Å². The molecule has 4 aromatic rings. The SMILES string of the molecule is COCCn1cc(C(=O)N2CCC(c3cc(CNC(=O)C(F)(F)F)ccc3F)CC2)c2c(NC(=O)c3cccc4c3OCC4)cccc21. The van der Waals surface area contributed by atoms with Crippen molar-refractivity contribution >= 4 is 34.3 Å². The van der Waals surface area contributed by atoms with Gasteiger partial charge in [0.2, 0.25) is 0 Å². The molecule has 0 saturated carbocycles. The molecule has 252 valence electrons. The summed E-state index contributed by atoms with van der Waals surface area (Å²) in [6.07, 6.45) is -1.68. The van der Waals surface area contributed by atoms with Gasteiger partial charge in [-0.3, -0.25) is 14.4 Å². The van der Waals surface area contributed by atoms with Crippen LogP contribution < -0.4 is 15.4 Å². The van der Waals surface area contributed by atoms with Crippen LogP contribution in [0.4, 0.5) is 23.2 Å². The van der Waals surface area contributed by atoms with Crippen molar-refractivity contribution in [1.29, 1.82) is 0 Å². The highest BCUT2D eigenvalue weighted by molar-refractivity contribution is 6.16. The molecule has 6 rings (SSSR count). The van der Waals surface area contributed by atoms with Gasteiger partial charge >= 0.3 is 12.1 Å². The maximum Gasteiger partial charge on any atom is 0.471 e. The molecule has 0 spiro atoms. The van der Waals surface area contributed by atoms with Crippen LogP contribution in [0.5, 0.6) is 5.75 Å². The fraction of sp³-hybridized carbons (Fsp3) is 0.343. The van der Waals surface area contributed by atoms with Crippen LogP contribution in [0.2, 0.25) is 0 Å². The number of nitrogens with one attached hydrogen (secondary N) is 2. The van der Waals surface area contributed by atoms with Crippen LogP contribution in [0, 0.1) is 5.82 Å². The molecule has 48 heavy (non-hydrogen) atoms. The lowest BCUT2D eigenvalue weighted by molar-refractivity contribution is -0.173. The van der Waals surface area contributed by atoms with Crippen LogP contribution >= 0.6 is 0 Å². The molecular formula is C35H34F4N4O5. The normalized spacial score (nSPS) is 14.9. The first-order chi connectivity index (χ1) is 23.0. The number of fused-ring (bicyclic) bond motifs is 2. The number of alkyl halides is 3. The molecule has 9 nitrogen and oxygen atoms in total. The summed E-state index contributed by atoms with van der Waals surface area (Å²) in [6, 6.07) is 14.9. The zero-order chi connectivity index (χ0) is 34.0. The summed E-state index contributed by atoms with van der Waals surface area (Å²) in [5.41, 5.74) is 3.67. The molecule has 0 radical (unpaired) electrons. The minimum Gasteiger partial charge on any atom is -0.492 e. The second-order valence-corrected chi connectivity index (χ2v) is 11.9. The molecule has 1 aromatic heterocycles. The summed E-state index contributed by atoms with van der Waals surface area (Å²) in [4.78, 5) is 40.5. The molecule has 1 fully saturated rings. The fourth-order valence-corrected chi connectivity index (χ4v) is 6.44. The zero-order valence-electron chi connectivity index (χ0n) is 26.2. The van der Waals surface area contributed by atoms with E-state index >= 15 is 0 Å². The Kier molecular flexibility index (Phi) is 9.40. The van der Waals surface area contributed by atoms with Crippen molar-refractivity contribution < 1.29 is 41.4 Å². The van der Waals surface area contributed by atoms with Crippen LogP contribution in [-0.4, -0.2) is 66.8 Å². The first kappa shape index (κ1) is 33.0. The Balaban J connectivity index is 1.22. The Bertz CT molecular complexity index is 1860. The number of hydrogen-bond acceptors (Lipinski definition) is 5. The van der Waals surface area contributed by atoms with Crippen LogP contribution in [-0.2, 0) is 29.0 Å². The Morgan fingerprint density at radius 1 is 1.02 bits per heavy atom. The van der Waals surface area contributed by atoms with E-state index in [1.54, 1.807) is 30.3 Å². The smallest absolute Gasteiger partial charge is 0.471 e. The molecule has 0 aliphatic carbocycles. The first-order valence-electron chi connectivity index (χ1n) is 15.6. The summed E-state index contributed by atoms with van der Waals surface area (Å²) in [5, 5.41) is 5.40. The van der Waals surface area contributed by atoms with Crippen molar-refractivity contribution in [2.45, 2.75) is 44.4 Å². The van der Waals surface area contributed by atoms with E-state index in [0.29, 0.717) is 84.8 Å². The molecule has 3 amide bonds. The number of carbonyl (C=O) groups is 3. The second kappa shape index (κ2) is 13.7. The largest absolute Gasteiger partial charge is 0.492 e. The van der Waals surface area contributed by atoms with E-state index in [1.165, 1.54) is 18.2 Å². The summed E-state index contributed by atoms with van der Waals surface area (Å²) < 4.78 is 65.6. The van der Waals surface area contributed by atoms with E-state index in [2.05, 4.69) is 5.32 Å². The third kappa shape index (κ3) is 6.73. The van der Waals surface area contributed by atoms with Gasteiger partial charge in [-0.25, -0.2) is 4.39 Å². The number of amides is 3. The number of piperidine rings is 1. The lowest BCUT2D eigenvalue weighted by atomic mass is 9.88. The summed E-state index contributed by atoms with van der Waals surface area (Å²) >= 11 is 0. The van der Waals surface area contributed by atoms with Gasteiger partial charge in [0.05, 0.1) is 35.5 Å². The number of hydrogen-bond donors (Lipinski definition) is 2. The van der Waals surface area contributed by atoms with Crippen molar-refractivity contribution in [3.05, 3.63) is 94.4 Å². The topological polar surface area (TPSA) is 102 Å². The lowest BCUT2D eigenvalue weighted by Gasteiger charge is -2.32. The fourth-order valence-electron chi connectivity index (χ4n) is 6.44. The Hall–Kier alpha value is -4.91. The van der Waals surface area contributed by atoms with Gasteiger partial charge in [-0.1, -0.05) is 30.3 Å². The molecule has 3 heterocycles. The van der Waals surface area contributed by atoms with Crippen LogP contribution in [0.1, 0.15) is 56.2 Å². The monoisotopic (exact) mass is 666 g/mol. The maximum absolute atomic E-state index is 14.9. The van der Waals surface area contributed by atoms with Crippen LogP contribution in [0.3, 0.4) is 0 Å². The van der Waals surface area contributed by atoms with E-state index in [0.717, 1.165) is 17.5 Å². The average molecular weight is 667 g/mol. The molecule has 2 aliphatic rings. The van der Waals surface area contributed by atoms with Crippen LogP contribution in [0.25, 0.3) is 10.9 Å². The van der Waals surface area contributed by atoms with Crippen LogP contribution in [0.15, 0.2) is 60.8 Å². The average Bonchev–Trinajstić information content (AvgIpc) is 3.72. The third-order valence-electron chi connectivity index (χ3n) is 8.87. The van der Waals surface area contributed by atoms with E-state index in [1.807, 2.05) is 34.1 Å². The van der Waals surface area contributed by atoms with E-state index in [4.69, 9.17) is 9.47 Å². The predicted octanol–water partition coefficient (Wildman–Crippen LogP) is 5.81. The van der Waals surface area contributed by atoms with Crippen molar-refractivity contribution in [2.24, 2.45) is 0 Å². The van der Waals surface area contributed by atoms with E-state index < -0.39 is 24.4 Å². The van der Waals surface area contributed by atoms with Crippen molar-refractivity contribution in [3.8, 4) is 5.75 Å². The number of halogens is 4. The Morgan fingerprint density at radius 3 is 2.54 bits per heavy atom. The molecule has 13 heteroatoms. The second-order valence-electron chi connectivity index (χ2n) is 11.9. The third-order valence-corrected chi connectivity index (χ3v) is 8.87. The number of methoxy groups -OCH3 is 1. The number of likely N-dealkylation sites (tertiary alicyclic amines) is 1. The van der Waals surface area contributed by atoms with Gasteiger partial charge < -0.3 is 29.6 Å². The number of benzene rings is 3. The number of carbonyl (C=O) groups excluding carboxylic acids is 3. The molecule has 0 atom stereocenters. The standard InChI is InChI=1S/C35H34F4N4O5/c1-47-17-15-43-20-26(30-28(6-3-7-29(30)43)41-32(44)24-5-2-4-23-12-16-48-31(23)24)33(45)42-13-10-22(11-14-42)25-18-21(8-9-27(25)36)19-40-34(46)35(37,38)39/h2-9,18,20,22H,10-17,19H2,1H3,(H,40,46)(H,41,44). The van der Waals surface area contributed by atoms with Gasteiger partial charge in [-0.15, -0.1) is 0 Å². The molecule has 0 bridgehead atoms. The zero-order valence-corrected chi connectivity index (χ0v) is 26.2. The van der Waals surface area contributed by atoms with Gasteiger partial charge in [-0.2, -0.15) is 13.2 Å². The van der Waals surface area contributed by atoms with Gasteiger partial charge in [0.15, 0.2) is 0 Å². The molecule has 1 saturated heterocycles. The number of aromatic nitrogens is 1.